The fraction of sp³-hybridized carbons (Fsp3) is 0.692. The zero-order valence-electron chi connectivity index (χ0n) is 22.4. The third-order valence-electron chi connectivity index (χ3n) is 4.50. The summed E-state index contributed by atoms with van der Waals surface area (Å²) in [5.41, 5.74) is 0.472. The predicted octanol–water partition coefficient (Wildman–Crippen LogP) is 5.93. The van der Waals surface area contributed by atoms with Crippen LogP contribution in [0.25, 0.3) is 0 Å². The maximum atomic E-state index is 12.7. The van der Waals surface area contributed by atoms with Crippen molar-refractivity contribution in [1.82, 2.24) is 5.32 Å². The van der Waals surface area contributed by atoms with E-state index in [-0.39, 0.29) is 12.5 Å². The summed E-state index contributed by atoms with van der Waals surface area (Å²) in [6.45, 7) is 15.9. The Kier molecular flexibility index (Phi) is 12.5. The number of hydrogen-bond acceptors (Lipinski definition) is 6. The van der Waals surface area contributed by atoms with Crippen molar-refractivity contribution in [1.29, 1.82) is 0 Å². The van der Waals surface area contributed by atoms with Gasteiger partial charge in [0.25, 0.3) is 0 Å². The highest BCUT2D eigenvalue weighted by atomic mass is 35.5. The van der Waals surface area contributed by atoms with Gasteiger partial charge in [-0.1, -0.05) is 0 Å². The average molecular weight is 534 g/mol. The van der Waals surface area contributed by atoms with Gasteiger partial charge in [-0.25, -0.2) is 4.79 Å². The molecule has 0 fully saturated rings. The van der Waals surface area contributed by atoms with Gasteiger partial charge in [0, 0.05) is 36.6 Å². The lowest BCUT2D eigenvalue weighted by molar-refractivity contribution is -0.155. The van der Waals surface area contributed by atoms with Crippen molar-refractivity contribution < 1.29 is 23.8 Å². The average Bonchev–Trinajstić information content (AvgIpc) is 2.65. The van der Waals surface area contributed by atoms with E-state index in [1.165, 1.54) is 0 Å². The highest BCUT2D eigenvalue weighted by Gasteiger charge is 2.26. The topological polar surface area (TPSA) is 77.1 Å². The van der Waals surface area contributed by atoms with Gasteiger partial charge in [-0.3, -0.25) is 4.79 Å². The number of alkyl halides is 2. The number of ether oxygens (including phenoxy) is 3. The molecular weight excluding hydrogens is 491 g/mol. The molecule has 0 unspecified atom stereocenters. The van der Waals surface area contributed by atoms with Crippen LogP contribution in [0.3, 0.4) is 0 Å². The van der Waals surface area contributed by atoms with Gasteiger partial charge in [0.2, 0.25) is 0 Å². The maximum absolute atomic E-state index is 12.7. The number of alkyl carbamates (subject to hydrolysis) is 1. The number of amides is 1. The molecule has 0 spiro atoms. The second-order valence-corrected chi connectivity index (χ2v) is 11.4. The van der Waals surface area contributed by atoms with Crippen LogP contribution in [-0.4, -0.2) is 60.3 Å². The third kappa shape index (κ3) is 13.1. The second-order valence-electron chi connectivity index (χ2n) is 10.7. The molecule has 200 valence electrons. The normalized spacial score (nSPS) is 12.8. The zero-order chi connectivity index (χ0) is 26.8. The van der Waals surface area contributed by atoms with Gasteiger partial charge >= 0.3 is 12.1 Å². The van der Waals surface area contributed by atoms with Crippen molar-refractivity contribution in [3.8, 4) is 5.75 Å². The molecule has 7 nitrogen and oxygen atoms in total. The number of rotatable bonds is 12. The molecule has 35 heavy (non-hydrogen) atoms. The van der Waals surface area contributed by atoms with E-state index in [9.17, 15) is 9.59 Å². The first-order valence-corrected chi connectivity index (χ1v) is 13.1. The van der Waals surface area contributed by atoms with Crippen LogP contribution in [0.1, 0.15) is 67.4 Å². The molecule has 0 aliphatic carbocycles. The Morgan fingerprint density at radius 3 is 2.03 bits per heavy atom. The van der Waals surface area contributed by atoms with Crippen molar-refractivity contribution >= 4 is 41.0 Å². The van der Waals surface area contributed by atoms with Gasteiger partial charge in [0.05, 0.1) is 12.5 Å². The minimum Gasteiger partial charge on any atom is -0.491 e. The number of nitrogens with zero attached hydrogens (tertiary/aromatic N) is 1. The van der Waals surface area contributed by atoms with Gasteiger partial charge in [-0.2, -0.15) is 0 Å². The number of halogens is 2. The molecule has 1 amide bonds. The van der Waals surface area contributed by atoms with E-state index in [2.05, 4.69) is 10.2 Å². The Balaban J connectivity index is 3.31. The molecule has 1 aromatic rings. The molecular formula is C26H42Cl2N2O5. The zero-order valence-corrected chi connectivity index (χ0v) is 23.9. The number of nitrogens with one attached hydrogen (secondary N) is 1. The van der Waals surface area contributed by atoms with E-state index in [0.717, 1.165) is 11.3 Å². The quantitative estimate of drug-likeness (QED) is 0.265. The summed E-state index contributed by atoms with van der Waals surface area (Å²) in [6, 6.07) is 5.29. The first kappa shape index (κ1) is 31.2. The van der Waals surface area contributed by atoms with Gasteiger partial charge < -0.3 is 24.4 Å². The standard InChI is InChI=1S/C26H42Cl2N2O5/c1-18(2)33-22-10-9-21(30(13-11-27)14-12-28)16-19(22)15-20(17-23(31)34-25(3,4)5)29-24(32)35-26(6,7)8/h9-10,16,18,20H,11-15,17H2,1-8H3,(H,29,32)/t20-/m0/s1. The summed E-state index contributed by atoms with van der Waals surface area (Å²) in [6.07, 6.45) is -0.331. The predicted molar refractivity (Wildman–Crippen MR) is 143 cm³/mol. The Hall–Kier alpha value is -1.86. The number of anilines is 1. The van der Waals surface area contributed by atoms with Gasteiger partial charge in [-0.05, 0) is 85.6 Å². The number of carbonyl (C=O) groups excluding carboxylic acids is 2. The van der Waals surface area contributed by atoms with Crippen molar-refractivity contribution in [2.45, 2.75) is 91.6 Å². The molecule has 0 aliphatic heterocycles. The number of hydrogen-bond donors (Lipinski definition) is 1. The molecule has 0 radical (unpaired) electrons. The molecule has 1 N–H and O–H groups in total. The Morgan fingerprint density at radius 1 is 0.971 bits per heavy atom. The second kappa shape index (κ2) is 14.0. The molecule has 0 aliphatic rings. The van der Waals surface area contributed by atoms with E-state index < -0.39 is 29.3 Å². The van der Waals surface area contributed by atoms with E-state index in [1.807, 2.05) is 52.8 Å². The Labute approximate surface area is 220 Å². The lowest BCUT2D eigenvalue weighted by Gasteiger charge is -2.27. The minimum absolute atomic E-state index is 0.0189. The van der Waals surface area contributed by atoms with E-state index >= 15 is 0 Å². The monoisotopic (exact) mass is 532 g/mol. The Bertz CT molecular complexity index is 783. The van der Waals surface area contributed by atoms with Crippen LogP contribution >= 0.6 is 23.2 Å². The molecule has 1 rings (SSSR count). The molecule has 0 saturated heterocycles. The number of carbonyl (C=O) groups is 2. The summed E-state index contributed by atoms with van der Waals surface area (Å²) in [4.78, 5) is 27.3. The number of esters is 1. The van der Waals surface area contributed by atoms with Crippen molar-refractivity contribution in [2.75, 3.05) is 29.7 Å². The maximum Gasteiger partial charge on any atom is 0.407 e. The van der Waals surface area contributed by atoms with Crippen LogP contribution < -0.4 is 15.0 Å². The van der Waals surface area contributed by atoms with E-state index in [1.54, 1.807) is 20.8 Å². The molecule has 0 bridgehead atoms. The van der Waals surface area contributed by atoms with Crippen molar-refractivity contribution in [3.63, 3.8) is 0 Å². The smallest absolute Gasteiger partial charge is 0.407 e. The summed E-state index contributed by atoms with van der Waals surface area (Å²) in [5.74, 6) is 1.18. The molecule has 1 aromatic carbocycles. The number of benzene rings is 1. The van der Waals surface area contributed by atoms with E-state index in [0.29, 0.717) is 37.0 Å². The van der Waals surface area contributed by atoms with Gasteiger partial charge in [-0.15, -0.1) is 23.2 Å². The fourth-order valence-electron chi connectivity index (χ4n) is 3.36. The molecule has 0 aromatic heterocycles. The molecule has 0 heterocycles. The van der Waals surface area contributed by atoms with Gasteiger partial charge in [0.1, 0.15) is 17.0 Å². The van der Waals surface area contributed by atoms with Crippen LogP contribution in [0.15, 0.2) is 18.2 Å². The summed E-state index contributed by atoms with van der Waals surface area (Å²) >= 11 is 12.0. The highest BCUT2D eigenvalue weighted by Crippen LogP contribution is 2.28. The molecule has 1 atom stereocenters. The van der Waals surface area contributed by atoms with Crippen LogP contribution in [0.4, 0.5) is 10.5 Å². The summed E-state index contributed by atoms with van der Waals surface area (Å²) in [5, 5.41) is 2.84. The summed E-state index contributed by atoms with van der Waals surface area (Å²) < 4.78 is 17.0. The lowest BCUT2D eigenvalue weighted by Crippen LogP contribution is -2.42. The highest BCUT2D eigenvalue weighted by molar-refractivity contribution is 6.18. The largest absolute Gasteiger partial charge is 0.491 e. The third-order valence-corrected chi connectivity index (χ3v) is 4.84. The molecule has 0 saturated carbocycles. The van der Waals surface area contributed by atoms with E-state index in [4.69, 9.17) is 37.4 Å². The Morgan fingerprint density at radius 2 is 1.54 bits per heavy atom. The fourth-order valence-corrected chi connectivity index (χ4v) is 3.77. The van der Waals surface area contributed by atoms with Crippen LogP contribution in [0.2, 0.25) is 0 Å². The first-order chi connectivity index (χ1) is 16.1. The van der Waals surface area contributed by atoms with Crippen LogP contribution in [0, 0.1) is 0 Å². The minimum atomic E-state index is -0.671. The first-order valence-electron chi connectivity index (χ1n) is 12.0. The van der Waals surface area contributed by atoms with Crippen LogP contribution in [0.5, 0.6) is 5.75 Å². The lowest BCUT2D eigenvalue weighted by atomic mass is 10.0. The van der Waals surface area contributed by atoms with Crippen LogP contribution in [-0.2, 0) is 20.7 Å². The van der Waals surface area contributed by atoms with Crippen molar-refractivity contribution in [3.05, 3.63) is 23.8 Å². The SMILES string of the molecule is CC(C)Oc1ccc(N(CCCl)CCCl)cc1C[C@@H](CC(=O)OC(C)(C)C)NC(=O)OC(C)(C)C. The van der Waals surface area contributed by atoms with Crippen molar-refractivity contribution in [2.24, 2.45) is 0 Å². The van der Waals surface area contributed by atoms with Gasteiger partial charge in [0.15, 0.2) is 0 Å². The summed E-state index contributed by atoms with van der Waals surface area (Å²) in [7, 11) is 0. The molecule has 9 heteroatoms.